The number of ketones is 2. The summed E-state index contributed by atoms with van der Waals surface area (Å²) in [5, 5.41) is 0.607. The SMILES string of the molecule is CC1(C)CC(=O)C2C(=NC3=C(C(=O)c4ccccc43)[C@H]2c2cccc(Cl)c2)C1. The highest BCUT2D eigenvalue weighted by atomic mass is 35.5. The second-order valence-electron chi connectivity index (χ2n) is 8.73. The fraction of sp³-hybridized carbons (Fsp3) is 0.292. The van der Waals surface area contributed by atoms with E-state index in [1.54, 1.807) is 0 Å². The molecule has 0 spiro atoms. The van der Waals surface area contributed by atoms with E-state index in [2.05, 4.69) is 13.8 Å². The van der Waals surface area contributed by atoms with Gasteiger partial charge in [0.25, 0.3) is 0 Å². The largest absolute Gasteiger partial charge is 0.299 e. The van der Waals surface area contributed by atoms with Crippen molar-refractivity contribution in [3.8, 4) is 0 Å². The van der Waals surface area contributed by atoms with Crippen molar-refractivity contribution in [1.29, 1.82) is 0 Å². The number of halogens is 1. The molecule has 2 atom stereocenters. The van der Waals surface area contributed by atoms with Crippen molar-refractivity contribution in [2.45, 2.75) is 32.6 Å². The minimum atomic E-state index is -0.386. The second-order valence-corrected chi connectivity index (χ2v) is 9.17. The molecule has 0 aromatic heterocycles. The average Bonchev–Trinajstić information content (AvgIpc) is 2.92. The highest BCUT2D eigenvalue weighted by Crippen LogP contribution is 2.52. The molecule has 5 rings (SSSR count). The van der Waals surface area contributed by atoms with E-state index >= 15 is 0 Å². The van der Waals surface area contributed by atoms with Gasteiger partial charge >= 0.3 is 0 Å². The first-order valence-corrected chi connectivity index (χ1v) is 9.97. The van der Waals surface area contributed by atoms with E-state index in [-0.39, 0.29) is 28.8 Å². The second kappa shape index (κ2) is 5.99. The maximum Gasteiger partial charge on any atom is 0.192 e. The van der Waals surface area contributed by atoms with Crippen molar-refractivity contribution in [2.75, 3.05) is 0 Å². The van der Waals surface area contributed by atoms with Crippen LogP contribution in [0.2, 0.25) is 5.02 Å². The zero-order valence-corrected chi connectivity index (χ0v) is 16.6. The van der Waals surface area contributed by atoms with Crippen LogP contribution in [0.15, 0.2) is 59.1 Å². The zero-order valence-electron chi connectivity index (χ0n) is 15.8. The minimum absolute atomic E-state index is 0.0176. The van der Waals surface area contributed by atoms with E-state index in [1.165, 1.54) is 0 Å². The van der Waals surface area contributed by atoms with Gasteiger partial charge in [0.2, 0.25) is 0 Å². The molecule has 0 amide bonds. The lowest BCUT2D eigenvalue weighted by Crippen LogP contribution is -2.43. The highest BCUT2D eigenvalue weighted by Gasteiger charge is 2.49. The average molecular weight is 390 g/mol. The molecule has 140 valence electrons. The van der Waals surface area contributed by atoms with Crippen LogP contribution < -0.4 is 0 Å². The molecular formula is C24H20ClNO2. The number of Topliss-reactive ketones (excluding diaryl/α,β-unsaturated/α-hetero) is 2. The summed E-state index contributed by atoms with van der Waals surface area (Å²) in [5.74, 6) is -0.570. The standard InChI is InChI=1S/C24H20ClNO2/c1-24(2)11-17-20(18(27)12-24)19(13-6-5-7-14(25)10-13)21-22(26-17)15-8-3-4-9-16(15)23(21)28/h3-10,19-20H,11-12H2,1-2H3/t19-,20?/m0/s1. The lowest BCUT2D eigenvalue weighted by atomic mass is 9.63. The van der Waals surface area contributed by atoms with Gasteiger partial charge < -0.3 is 0 Å². The summed E-state index contributed by atoms with van der Waals surface area (Å²) in [7, 11) is 0. The van der Waals surface area contributed by atoms with E-state index in [9.17, 15) is 9.59 Å². The number of hydrogen-bond donors (Lipinski definition) is 0. The number of hydrogen-bond acceptors (Lipinski definition) is 3. The lowest BCUT2D eigenvalue weighted by molar-refractivity contribution is -0.124. The summed E-state index contributed by atoms with van der Waals surface area (Å²) in [6.45, 7) is 4.21. The summed E-state index contributed by atoms with van der Waals surface area (Å²) in [4.78, 5) is 31.5. The third-order valence-electron chi connectivity index (χ3n) is 6.05. The first-order chi connectivity index (χ1) is 13.4. The molecule has 4 heteroatoms. The molecule has 1 heterocycles. The number of benzene rings is 2. The van der Waals surface area contributed by atoms with Crippen LogP contribution in [0.4, 0.5) is 0 Å². The maximum atomic E-state index is 13.3. The molecule has 2 aromatic carbocycles. The van der Waals surface area contributed by atoms with E-state index in [4.69, 9.17) is 16.6 Å². The third-order valence-corrected chi connectivity index (χ3v) is 6.29. The number of aliphatic imine (C=N–C) groups is 1. The van der Waals surface area contributed by atoms with Gasteiger partial charge in [0.05, 0.1) is 11.6 Å². The predicted octanol–water partition coefficient (Wildman–Crippen LogP) is 5.49. The summed E-state index contributed by atoms with van der Waals surface area (Å²) in [5.41, 5.74) is 4.62. The van der Waals surface area contributed by atoms with Gasteiger partial charge in [-0.05, 0) is 29.5 Å². The van der Waals surface area contributed by atoms with E-state index < -0.39 is 0 Å². The van der Waals surface area contributed by atoms with Crippen LogP contribution in [-0.2, 0) is 4.79 Å². The van der Waals surface area contributed by atoms with Crippen LogP contribution in [-0.4, -0.2) is 17.3 Å². The molecule has 0 radical (unpaired) electrons. The fourth-order valence-corrected chi connectivity index (χ4v) is 5.18. The van der Waals surface area contributed by atoms with Crippen LogP contribution in [0.5, 0.6) is 0 Å². The van der Waals surface area contributed by atoms with Gasteiger partial charge in [-0.2, -0.15) is 0 Å². The Labute approximate surface area is 169 Å². The Morgan fingerprint density at radius 1 is 0.964 bits per heavy atom. The van der Waals surface area contributed by atoms with Gasteiger partial charge in [0.15, 0.2) is 5.78 Å². The Balaban J connectivity index is 1.77. The maximum absolute atomic E-state index is 13.3. The van der Waals surface area contributed by atoms with Crippen molar-refractivity contribution in [3.05, 3.63) is 75.8 Å². The Morgan fingerprint density at radius 2 is 1.71 bits per heavy atom. The molecular weight excluding hydrogens is 370 g/mol. The van der Waals surface area contributed by atoms with Crippen LogP contribution in [0, 0.1) is 11.3 Å². The first-order valence-electron chi connectivity index (χ1n) is 9.60. The third kappa shape index (κ3) is 2.53. The van der Waals surface area contributed by atoms with Crippen LogP contribution in [0.1, 0.15) is 54.1 Å². The van der Waals surface area contributed by atoms with Crippen LogP contribution >= 0.6 is 11.6 Å². The van der Waals surface area contributed by atoms with Crippen LogP contribution in [0.25, 0.3) is 5.70 Å². The Bertz CT molecular complexity index is 1110. The molecule has 0 saturated heterocycles. The van der Waals surface area contributed by atoms with Gasteiger partial charge in [-0.15, -0.1) is 0 Å². The molecule has 1 unspecified atom stereocenters. The summed E-state index contributed by atoms with van der Waals surface area (Å²) < 4.78 is 0. The van der Waals surface area contributed by atoms with Gasteiger partial charge in [0, 0.05) is 39.8 Å². The highest BCUT2D eigenvalue weighted by molar-refractivity contribution is 6.30. The molecule has 1 saturated carbocycles. The molecule has 3 aliphatic rings. The quantitative estimate of drug-likeness (QED) is 0.647. The topological polar surface area (TPSA) is 46.5 Å². The summed E-state index contributed by atoms with van der Waals surface area (Å²) in [6.07, 6.45) is 1.26. The molecule has 1 fully saturated rings. The summed E-state index contributed by atoms with van der Waals surface area (Å²) >= 11 is 6.27. The number of nitrogens with zero attached hydrogens (tertiary/aromatic N) is 1. The Hall–Kier alpha value is -2.52. The van der Waals surface area contributed by atoms with Crippen LogP contribution in [0.3, 0.4) is 0 Å². The van der Waals surface area contributed by atoms with Crippen molar-refractivity contribution < 1.29 is 9.59 Å². The van der Waals surface area contributed by atoms with Gasteiger partial charge in [-0.3, -0.25) is 14.6 Å². The van der Waals surface area contributed by atoms with Gasteiger partial charge in [0.1, 0.15) is 5.78 Å². The first kappa shape index (κ1) is 17.6. The predicted molar refractivity (Wildman–Crippen MR) is 111 cm³/mol. The number of carbonyl (C=O) groups is 2. The lowest BCUT2D eigenvalue weighted by Gasteiger charge is -2.40. The van der Waals surface area contributed by atoms with E-state index in [0.29, 0.717) is 22.6 Å². The van der Waals surface area contributed by atoms with E-state index in [1.807, 2.05) is 48.5 Å². The molecule has 0 N–H and O–H groups in total. The number of carbonyl (C=O) groups excluding carboxylic acids is 2. The van der Waals surface area contributed by atoms with Gasteiger partial charge in [-0.25, -0.2) is 0 Å². The normalized spacial score (nSPS) is 25.2. The Morgan fingerprint density at radius 3 is 2.46 bits per heavy atom. The number of rotatable bonds is 1. The van der Waals surface area contributed by atoms with Crippen molar-refractivity contribution in [2.24, 2.45) is 16.3 Å². The molecule has 2 aliphatic carbocycles. The van der Waals surface area contributed by atoms with Crippen molar-refractivity contribution >= 4 is 34.6 Å². The number of allylic oxidation sites excluding steroid dienone is 1. The monoisotopic (exact) mass is 389 g/mol. The van der Waals surface area contributed by atoms with Crippen molar-refractivity contribution in [3.63, 3.8) is 0 Å². The minimum Gasteiger partial charge on any atom is -0.299 e. The molecule has 3 nitrogen and oxygen atoms in total. The molecule has 28 heavy (non-hydrogen) atoms. The smallest absolute Gasteiger partial charge is 0.192 e. The molecule has 0 bridgehead atoms. The zero-order chi connectivity index (χ0) is 19.6. The van der Waals surface area contributed by atoms with E-state index in [0.717, 1.165) is 29.0 Å². The summed E-state index contributed by atoms with van der Waals surface area (Å²) in [6, 6.07) is 15.1. The Kier molecular flexibility index (Phi) is 3.76. The van der Waals surface area contributed by atoms with Crippen molar-refractivity contribution in [1.82, 2.24) is 0 Å². The molecule has 2 aromatic rings. The van der Waals surface area contributed by atoms with Gasteiger partial charge in [-0.1, -0.05) is 61.8 Å². The number of fused-ring (bicyclic) bond motifs is 3. The molecule has 1 aliphatic heterocycles. The fourth-order valence-electron chi connectivity index (χ4n) is 4.98.